The van der Waals surface area contributed by atoms with Crippen LogP contribution in [0.1, 0.15) is 11.3 Å². The van der Waals surface area contributed by atoms with Crippen LogP contribution in [0, 0.1) is 24.1 Å². The van der Waals surface area contributed by atoms with Crippen LogP contribution in [0.5, 0.6) is 0 Å². The Morgan fingerprint density at radius 1 is 1.54 bits per heavy atom. The van der Waals surface area contributed by atoms with E-state index in [0.29, 0.717) is 5.65 Å². The monoisotopic (exact) mass is 175 g/mol. The predicted octanol–water partition coefficient (Wildman–Crippen LogP) is 1.65. The van der Waals surface area contributed by atoms with E-state index in [1.807, 2.05) is 6.92 Å². The van der Waals surface area contributed by atoms with Crippen LogP contribution in [-0.2, 0) is 0 Å². The average Bonchev–Trinajstić information content (AvgIpc) is 2.42. The molecule has 0 aliphatic carbocycles. The van der Waals surface area contributed by atoms with E-state index in [1.54, 1.807) is 16.7 Å². The van der Waals surface area contributed by atoms with Gasteiger partial charge in [0.15, 0.2) is 0 Å². The molecule has 0 fully saturated rings. The zero-order valence-electron chi connectivity index (χ0n) is 6.95. The van der Waals surface area contributed by atoms with Crippen LogP contribution in [-0.4, -0.2) is 9.38 Å². The molecule has 64 valence electrons. The second-order valence-electron chi connectivity index (χ2n) is 2.79. The van der Waals surface area contributed by atoms with Crippen molar-refractivity contribution >= 4 is 5.65 Å². The Hall–Kier alpha value is -1.89. The molecule has 2 aromatic rings. The minimum absolute atomic E-state index is 0.0323. The molecule has 0 amide bonds. The fourth-order valence-electron chi connectivity index (χ4n) is 1.22. The maximum absolute atomic E-state index is 13.1. The number of aromatic nitrogens is 2. The Kier molecular flexibility index (Phi) is 1.52. The summed E-state index contributed by atoms with van der Waals surface area (Å²) in [4.78, 5) is 4.06. The lowest BCUT2D eigenvalue weighted by molar-refractivity contribution is 0.622. The molecular weight excluding hydrogens is 169 g/mol. The van der Waals surface area contributed by atoms with Crippen molar-refractivity contribution in [3.05, 3.63) is 35.5 Å². The zero-order chi connectivity index (χ0) is 9.42. The number of hydrogen-bond acceptors (Lipinski definition) is 2. The van der Waals surface area contributed by atoms with Crippen molar-refractivity contribution in [1.82, 2.24) is 9.38 Å². The van der Waals surface area contributed by atoms with Gasteiger partial charge in [0.05, 0.1) is 5.69 Å². The van der Waals surface area contributed by atoms with Crippen LogP contribution < -0.4 is 0 Å². The van der Waals surface area contributed by atoms with Gasteiger partial charge in [-0.1, -0.05) is 0 Å². The molecule has 2 rings (SSSR count). The summed E-state index contributed by atoms with van der Waals surface area (Å²) in [5, 5.41) is 8.56. The average molecular weight is 175 g/mol. The second kappa shape index (κ2) is 2.56. The van der Waals surface area contributed by atoms with Crippen LogP contribution in [0.4, 0.5) is 4.39 Å². The summed E-state index contributed by atoms with van der Waals surface area (Å²) in [7, 11) is 0. The number of fused-ring (bicyclic) bond motifs is 1. The summed E-state index contributed by atoms with van der Waals surface area (Å²) < 4.78 is 14.7. The first-order valence-corrected chi connectivity index (χ1v) is 3.75. The summed E-state index contributed by atoms with van der Waals surface area (Å²) in [6, 6.07) is 3.03. The molecule has 0 saturated heterocycles. The maximum Gasteiger partial charge on any atom is 0.146 e. The number of pyridine rings is 1. The van der Waals surface area contributed by atoms with E-state index in [1.165, 1.54) is 12.3 Å². The number of rotatable bonds is 0. The summed E-state index contributed by atoms with van der Waals surface area (Å²) in [5.41, 5.74) is 1.35. The third-order valence-corrected chi connectivity index (χ3v) is 1.78. The van der Waals surface area contributed by atoms with E-state index in [9.17, 15) is 4.39 Å². The van der Waals surface area contributed by atoms with Crippen LogP contribution >= 0.6 is 0 Å². The zero-order valence-corrected chi connectivity index (χ0v) is 6.95. The SMILES string of the molecule is Cc1cn2cc(C#N)c(F)cc2n1. The van der Waals surface area contributed by atoms with Gasteiger partial charge in [0.2, 0.25) is 0 Å². The number of nitrogens with zero attached hydrogens (tertiary/aromatic N) is 3. The molecule has 0 bridgehead atoms. The molecule has 4 heteroatoms. The van der Waals surface area contributed by atoms with Crippen molar-refractivity contribution in [2.75, 3.05) is 0 Å². The molecule has 3 nitrogen and oxygen atoms in total. The highest BCUT2D eigenvalue weighted by atomic mass is 19.1. The summed E-state index contributed by atoms with van der Waals surface area (Å²) in [5.74, 6) is -0.527. The van der Waals surface area contributed by atoms with Gasteiger partial charge in [-0.15, -0.1) is 0 Å². The van der Waals surface area contributed by atoms with E-state index in [4.69, 9.17) is 5.26 Å². The van der Waals surface area contributed by atoms with Crippen molar-refractivity contribution < 1.29 is 4.39 Å². The highest BCUT2D eigenvalue weighted by Crippen LogP contribution is 2.10. The molecule has 0 radical (unpaired) electrons. The van der Waals surface area contributed by atoms with Gasteiger partial charge in [-0.2, -0.15) is 5.26 Å². The van der Waals surface area contributed by atoms with E-state index >= 15 is 0 Å². The molecule has 0 unspecified atom stereocenters. The van der Waals surface area contributed by atoms with Gasteiger partial charge in [0, 0.05) is 18.5 Å². The lowest BCUT2D eigenvalue weighted by atomic mass is 10.3. The highest BCUT2D eigenvalue weighted by molar-refractivity contribution is 5.44. The summed E-state index contributed by atoms with van der Waals surface area (Å²) >= 11 is 0. The van der Waals surface area contributed by atoms with Gasteiger partial charge in [-0.3, -0.25) is 0 Å². The van der Waals surface area contributed by atoms with Crippen molar-refractivity contribution in [2.24, 2.45) is 0 Å². The van der Waals surface area contributed by atoms with Gasteiger partial charge in [-0.05, 0) is 6.92 Å². The predicted molar refractivity (Wildman–Crippen MR) is 44.6 cm³/mol. The molecule has 2 aromatic heterocycles. The minimum Gasteiger partial charge on any atom is -0.305 e. The topological polar surface area (TPSA) is 41.1 Å². The summed E-state index contributed by atoms with van der Waals surface area (Å²) in [6.45, 7) is 1.82. The fourth-order valence-corrected chi connectivity index (χ4v) is 1.22. The van der Waals surface area contributed by atoms with Gasteiger partial charge in [-0.25, -0.2) is 9.37 Å². The smallest absolute Gasteiger partial charge is 0.146 e. The minimum atomic E-state index is -0.527. The highest BCUT2D eigenvalue weighted by Gasteiger charge is 2.05. The standard InChI is InChI=1S/C9H6FN3/c1-6-4-13-5-7(3-11)8(10)2-9(13)12-6/h2,4-5H,1H3. The Morgan fingerprint density at radius 2 is 2.31 bits per heavy atom. The molecule has 2 heterocycles. The Morgan fingerprint density at radius 3 is 3.00 bits per heavy atom. The maximum atomic E-state index is 13.1. The van der Waals surface area contributed by atoms with E-state index in [2.05, 4.69) is 4.98 Å². The van der Waals surface area contributed by atoms with Gasteiger partial charge >= 0.3 is 0 Å². The number of nitriles is 1. The molecule has 0 atom stereocenters. The molecule has 0 spiro atoms. The first kappa shape index (κ1) is 7.74. The van der Waals surface area contributed by atoms with E-state index in [-0.39, 0.29) is 5.56 Å². The molecular formula is C9H6FN3. The second-order valence-corrected chi connectivity index (χ2v) is 2.79. The van der Waals surface area contributed by atoms with Crippen molar-refractivity contribution in [1.29, 1.82) is 5.26 Å². The lowest BCUT2D eigenvalue weighted by Crippen LogP contribution is -1.89. The molecule has 0 aliphatic rings. The summed E-state index contributed by atoms with van der Waals surface area (Å²) in [6.07, 6.45) is 3.18. The number of aryl methyl sites for hydroxylation is 1. The Balaban J connectivity index is 2.82. The molecule has 13 heavy (non-hydrogen) atoms. The van der Waals surface area contributed by atoms with Crippen molar-refractivity contribution in [2.45, 2.75) is 6.92 Å². The molecule has 0 saturated carbocycles. The third-order valence-electron chi connectivity index (χ3n) is 1.78. The normalized spacial score (nSPS) is 10.2. The van der Waals surface area contributed by atoms with Gasteiger partial charge in [0.25, 0.3) is 0 Å². The molecule has 0 aromatic carbocycles. The van der Waals surface area contributed by atoms with E-state index in [0.717, 1.165) is 5.69 Å². The Bertz CT molecular complexity index is 507. The van der Waals surface area contributed by atoms with Crippen LogP contribution in [0.2, 0.25) is 0 Å². The van der Waals surface area contributed by atoms with E-state index < -0.39 is 5.82 Å². The van der Waals surface area contributed by atoms with Crippen molar-refractivity contribution in [3.8, 4) is 6.07 Å². The molecule has 0 N–H and O–H groups in total. The van der Waals surface area contributed by atoms with Crippen LogP contribution in [0.25, 0.3) is 5.65 Å². The molecule has 0 aliphatic heterocycles. The van der Waals surface area contributed by atoms with Crippen molar-refractivity contribution in [3.63, 3.8) is 0 Å². The quantitative estimate of drug-likeness (QED) is 0.610. The fraction of sp³-hybridized carbons (Fsp3) is 0.111. The number of hydrogen-bond donors (Lipinski definition) is 0. The first-order chi connectivity index (χ1) is 6.20. The first-order valence-electron chi connectivity index (χ1n) is 3.75. The Labute approximate surface area is 74.1 Å². The van der Waals surface area contributed by atoms with Crippen LogP contribution in [0.3, 0.4) is 0 Å². The van der Waals surface area contributed by atoms with Gasteiger partial charge in [0.1, 0.15) is 23.1 Å². The third kappa shape index (κ3) is 1.14. The number of halogens is 1. The van der Waals surface area contributed by atoms with Crippen LogP contribution in [0.15, 0.2) is 18.5 Å². The largest absolute Gasteiger partial charge is 0.305 e. The number of imidazole rings is 1. The van der Waals surface area contributed by atoms with Gasteiger partial charge < -0.3 is 4.40 Å². The lowest BCUT2D eigenvalue weighted by Gasteiger charge is -1.94.